The molecule has 4 rings (SSSR count). The van der Waals surface area contributed by atoms with Crippen LogP contribution in [0.3, 0.4) is 0 Å². The standard InChI is InChI=1S/C18H24ClN7O2/c19-18-23-14(20)13-16(24-18)26(9-22-13)12-3-1-11(2-4-12)17(28)25-7-5-10(6-8-25)15(21)27/h9-12H,1-8H2,(H2,21,27)(H2,20,23,24). The molecule has 0 spiro atoms. The molecule has 2 aromatic heterocycles. The molecule has 1 saturated heterocycles. The fourth-order valence-electron chi connectivity index (χ4n) is 4.42. The summed E-state index contributed by atoms with van der Waals surface area (Å²) in [6, 6.07) is 0.208. The predicted molar refractivity (Wildman–Crippen MR) is 104 cm³/mol. The van der Waals surface area contributed by atoms with Gasteiger partial charge in [-0.25, -0.2) is 4.98 Å². The summed E-state index contributed by atoms with van der Waals surface area (Å²) in [6.07, 6.45) is 6.41. The van der Waals surface area contributed by atoms with Crippen LogP contribution in [0, 0.1) is 11.8 Å². The molecule has 150 valence electrons. The molecule has 9 nitrogen and oxygen atoms in total. The van der Waals surface area contributed by atoms with Crippen molar-refractivity contribution in [2.45, 2.75) is 44.6 Å². The Morgan fingerprint density at radius 3 is 2.36 bits per heavy atom. The molecule has 2 amide bonds. The summed E-state index contributed by atoms with van der Waals surface area (Å²) in [7, 11) is 0. The summed E-state index contributed by atoms with van der Waals surface area (Å²) >= 11 is 5.95. The van der Waals surface area contributed by atoms with Crippen LogP contribution in [0.1, 0.15) is 44.6 Å². The minimum atomic E-state index is -0.260. The van der Waals surface area contributed by atoms with Crippen molar-refractivity contribution in [2.24, 2.45) is 17.6 Å². The van der Waals surface area contributed by atoms with Crippen LogP contribution < -0.4 is 11.5 Å². The van der Waals surface area contributed by atoms with Crippen LogP contribution in [-0.4, -0.2) is 49.3 Å². The molecule has 0 bridgehead atoms. The Morgan fingerprint density at radius 2 is 1.71 bits per heavy atom. The van der Waals surface area contributed by atoms with Gasteiger partial charge in [0.25, 0.3) is 0 Å². The maximum atomic E-state index is 12.9. The van der Waals surface area contributed by atoms with Crippen LogP contribution in [0.15, 0.2) is 6.33 Å². The number of carbonyl (C=O) groups excluding carboxylic acids is 2. The minimum absolute atomic E-state index is 0.0273. The topological polar surface area (TPSA) is 133 Å². The fraction of sp³-hybridized carbons (Fsp3) is 0.611. The monoisotopic (exact) mass is 405 g/mol. The Morgan fingerprint density at radius 1 is 1.04 bits per heavy atom. The van der Waals surface area contributed by atoms with Crippen LogP contribution in [0.25, 0.3) is 11.2 Å². The number of imidazole rings is 1. The normalized spacial score (nSPS) is 23.8. The molecular weight excluding hydrogens is 382 g/mol. The zero-order chi connectivity index (χ0) is 19.8. The number of nitrogens with zero attached hydrogens (tertiary/aromatic N) is 5. The molecule has 2 aromatic rings. The van der Waals surface area contributed by atoms with Crippen molar-refractivity contribution >= 4 is 40.4 Å². The molecule has 1 aliphatic carbocycles. The van der Waals surface area contributed by atoms with Gasteiger partial charge in [-0.3, -0.25) is 9.59 Å². The van der Waals surface area contributed by atoms with Gasteiger partial charge in [0.1, 0.15) is 5.52 Å². The van der Waals surface area contributed by atoms with Crippen molar-refractivity contribution in [1.29, 1.82) is 0 Å². The first-order valence-electron chi connectivity index (χ1n) is 9.67. The highest BCUT2D eigenvalue weighted by Gasteiger charge is 2.33. The van der Waals surface area contributed by atoms with Crippen LogP contribution in [-0.2, 0) is 9.59 Å². The minimum Gasteiger partial charge on any atom is -0.382 e. The molecule has 4 N–H and O–H groups in total. The molecule has 1 saturated carbocycles. The number of halogens is 1. The number of carbonyl (C=O) groups is 2. The molecule has 28 heavy (non-hydrogen) atoms. The number of hydrogen-bond acceptors (Lipinski definition) is 6. The average Bonchev–Trinajstić information content (AvgIpc) is 3.12. The smallest absolute Gasteiger partial charge is 0.226 e. The summed E-state index contributed by atoms with van der Waals surface area (Å²) in [5, 5.41) is 0.106. The van der Waals surface area contributed by atoms with Gasteiger partial charge in [0.05, 0.1) is 6.33 Å². The van der Waals surface area contributed by atoms with Gasteiger partial charge in [-0.05, 0) is 50.1 Å². The molecule has 0 unspecified atom stereocenters. The second kappa shape index (κ2) is 7.54. The Hall–Kier alpha value is -2.42. The van der Waals surface area contributed by atoms with Gasteiger partial charge in [-0.2, -0.15) is 9.97 Å². The van der Waals surface area contributed by atoms with E-state index in [9.17, 15) is 9.59 Å². The van der Waals surface area contributed by atoms with E-state index in [1.165, 1.54) is 0 Å². The average molecular weight is 406 g/mol. The summed E-state index contributed by atoms with van der Waals surface area (Å²) < 4.78 is 2.00. The quantitative estimate of drug-likeness (QED) is 0.743. The molecule has 2 aliphatic rings. The molecule has 10 heteroatoms. The van der Waals surface area contributed by atoms with Gasteiger partial charge < -0.3 is 20.9 Å². The number of piperidine rings is 1. The number of aromatic nitrogens is 4. The third-order valence-electron chi connectivity index (χ3n) is 6.07. The number of likely N-dealkylation sites (tertiary alicyclic amines) is 1. The fourth-order valence-corrected chi connectivity index (χ4v) is 4.59. The maximum absolute atomic E-state index is 12.9. The molecule has 0 radical (unpaired) electrons. The second-order valence-corrected chi connectivity index (χ2v) is 8.05. The zero-order valence-corrected chi connectivity index (χ0v) is 16.3. The predicted octanol–water partition coefficient (Wildman–Crippen LogP) is 1.52. The number of rotatable bonds is 3. The first kappa shape index (κ1) is 18.9. The van der Waals surface area contributed by atoms with E-state index in [1.54, 1.807) is 6.33 Å². The van der Waals surface area contributed by atoms with Crippen molar-refractivity contribution in [3.8, 4) is 0 Å². The molecular formula is C18H24ClN7O2. The zero-order valence-electron chi connectivity index (χ0n) is 15.6. The number of amides is 2. The van der Waals surface area contributed by atoms with Gasteiger partial charge in [0.2, 0.25) is 17.1 Å². The summed E-state index contributed by atoms with van der Waals surface area (Å²) in [4.78, 5) is 38.6. The van der Waals surface area contributed by atoms with Crippen molar-refractivity contribution in [2.75, 3.05) is 18.8 Å². The van der Waals surface area contributed by atoms with Gasteiger partial charge in [0, 0.05) is 31.0 Å². The van der Waals surface area contributed by atoms with Crippen LogP contribution in [0.2, 0.25) is 5.28 Å². The molecule has 0 atom stereocenters. The lowest BCUT2D eigenvalue weighted by atomic mass is 9.84. The lowest BCUT2D eigenvalue weighted by molar-refractivity contribution is -0.139. The molecule has 1 aliphatic heterocycles. The number of anilines is 1. The SMILES string of the molecule is NC(=O)C1CCN(C(=O)C2CCC(n3cnc4c(N)nc(Cl)nc43)CC2)CC1. The first-order valence-corrected chi connectivity index (χ1v) is 10.1. The highest BCUT2D eigenvalue weighted by molar-refractivity contribution is 6.28. The Labute approximate surface area is 167 Å². The van der Waals surface area contributed by atoms with Crippen molar-refractivity contribution in [1.82, 2.24) is 24.4 Å². The van der Waals surface area contributed by atoms with Crippen molar-refractivity contribution < 1.29 is 9.59 Å². The van der Waals surface area contributed by atoms with Gasteiger partial charge >= 0.3 is 0 Å². The van der Waals surface area contributed by atoms with E-state index in [1.807, 2.05) is 9.47 Å². The van der Waals surface area contributed by atoms with Gasteiger partial charge in [0.15, 0.2) is 11.5 Å². The Bertz CT molecular complexity index is 899. The third-order valence-corrected chi connectivity index (χ3v) is 6.24. The first-order chi connectivity index (χ1) is 13.4. The lowest BCUT2D eigenvalue weighted by Gasteiger charge is -2.35. The number of primary amides is 1. The maximum Gasteiger partial charge on any atom is 0.226 e. The van der Waals surface area contributed by atoms with E-state index >= 15 is 0 Å². The Kier molecular flexibility index (Phi) is 5.09. The van der Waals surface area contributed by atoms with Crippen molar-refractivity contribution in [3.05, 3.63) is 11.6 Å². The third kappa shape index (κ3) is 3.50. The van der Waals surface area contributed by atoms with Crippen molar-refractivity contribution in [3.63, 3.8) is 0 Å². The number of nitrogen functional groups attached to an aromatic ring is 1. The lowest BCUT2D eigenvalue weighted by Crippen LogP contribution is -2.44. The summed E-state index contributed by atoms with van der Waals surface area (Å²) in [5.74, 6) is 0.142. The molecule has 0 aromatic carbocycles. The summed E-state index contributed by atoms with van der Waals surface area (Å²) in [5.41, 5.74) is 12.5. The van der Waals surface area contributed by atoms with E-state index in [-0.39, 0.29) is 40.8 Å². The van der Waals surface area contributed by atoms with E-state index in [0.29, 0.717) is 37.1 Å². The van der Waals surface area contributed by atoms with E-state index in [4.69, 9.17) is 23.1 Å². The van der Waals surface area contributed by atoms with Gasteiger partial charge in [-0.15, -0.1) is 0 Å². The summed E-state index contributed by atoms with van der Waals surface area (Å²) in [6.45, 7) is 1.24. The molecule has 2 fully saturated rings. The van der Waals surface area contributed by atoms with Crippen LogP contribution in [0.4, 0.5) is 5.82 Å². The molecule has 3 heterocycles. The largest absolute Gasteiger partial charge is 0.382 e. The van der Waals surface area contributed by atoms with Crippen LogP contribution in [0.5, 0.6) is 0 Å². The van der Waals surface area contributed by atoms with Gasteiger partial charge in [-0.1, -0.05) is 0 Å². The van der Waals surface area contributed by atoms with E-state index < -0.39 is 0 Å². The number of nitrogens with two attached hydrogens (primary N) is 2. The van der Waals surface area contributed by atoms with E-state index in [2.05, 4.69) is 15.0 Å². The van der Waals surface area contributed by atoms with Crippen LogP contribution >= 0.6 is 11.6 Å². The highest BCUT2D eigenvalue weighted by atomic mass is 35.5. The highest BCUT2D eigenvalue weighted by Crippen LogP contribution is 2.35. The Balaban J connectivity index is 1.39. The van der Waals surface area contributed by atoms with E-state index in [0.717, 1.165) is 25.7 Å². The second-order valence-electron chi connectivity index (χ2n) is 7.71. The number of fused-ring (bicyclic) bond motifs is 1. The number of hydrogen-bond donors (Lipinski definition) is 2.